The van der Waals surface area contributed by atoms with Gasteiger partial charge in [-0.3, -0.25) is 0 Å². The molecule has 0 saturated carbocycles. The van der Waals surface area contributed by atoms with Crippen molar-refractivity contribution in [3.05, 3.63) is 18.2 Å². The summed E-state index contributed by atoms with van der Waals surface area (Å²) < 4.78 is 38.6. The van der Waals surface area contributed by atoms with E-state index in [1.165, 1.54) is 0 Å². The summed E-state index contributed by atoms with van der Waals surface area (Å²) in [5.74, 6) is 1.10. The highest BCUT2D eigenvalue weighted by atomic mass is 32.2. The summed E-state index contributed by atoms with van der Waals surface area (Å²) in [6.07, 6.45) is 1.59. The van der Waals surface area contributed by atoms with Crippen molar-refractivity contribution in [3.8, 4) is 11.5 Å². The third-order valence-corrected chi connectivity index (χ3v) is 5.64. The van der Waals surface area contributed by atoms with E-state index in [1.54, 1.807) is 18.2 Å². The summed E-state index contributed by atoms with van der Waals surface area (Å²) in [5, 5.41) is 3.30. The highest BCUT2D eigenvalue weighted by molar-refractivity contribution is 7.89. The predicted octanol–water partition coefficient (Wildman–Crippen LogP) is 0.422. The smallest absolute Gasteiger partial charge is 0.240 e. The topological polar surface area (TPSA) is 79.9 Å². The molecule has 0 atom stereocenters. The molecule has 1 aromatic rings. The first-order valence-electron chi connectivity index (χ1n) is 8.47. The van der Waals surface area contributed by atoms with E-state index in [0.717, 1.165) is 45.6 Å². The summed E-state index contributed by atoms with van der Waals surface area (Å²) in [7, 11) is -3.53. The average Bonchev–Trinajstić information content (AvgIpc) is 2.84. The lowest BCUT2D eigenvalue weighted by atomic mass is 10.3. The molecule has 0 spiro atoms. The van der Waals surface area contributed by atoms with Crippen molar-refractivity contribution < 1.29 is 17.9 Å². The van der Waals surface area contributed by atoms with Gasteiger partial charge < -0.3 is 19.7 Å². The molecule has 0 radical (unpaired) electrons. The highest BCUT2D eigenvalue weighted by Crippen LogP contribution is 2.31. The third-order valence-electron chi connectivity index (χ3n) is 4.18. The molecule has 0 bridgehead atoms. The van der Waals surface area contributed by atoms with Crippen LogP contribution in [0.2, 0.25) is 0 Å². The van der Waals surface area contributed by atoms with Gasteiger partial charge in [-0.2, -0.15) is 0 Å². The molecule has 0 aromatic heterocycles. The monoisotopic (exact) mass is 355 g/mol. The molecule has 7 nitrogen and oxygen atoms in total. The van der Waals surface area contributed by atoms with Crippen LogP contribution in [0.1, 0.15) is 12.8 Å². The molecule has 2 aliphatic heterocycles. The van der Waals surface area contributed by atoms with Gasteiger partial charge in [-0.25, -0.2) is 13.1 Å². The molecule has 2 heterocycles. The van der Waals surface area contributed by atoms with E-state index in [4.69, 9.17) is 9.47 Å². The Kier molecular flexibility index (Phi) is 5.94. The number of hydrogen-bond donors (Lipinski definition) is 2. The maximum absolute atomic E-state index is 12.4. The van der Waals surface area contributed by atoms with Crippen LogP contribution in [0.3, 0.4) is 0 Å². The van der Waals surface area contributed by atoms with Crippen molar-refractivity contribution >= 4 is 10.0 Å². The minimum atomic E-state index is -3.53. The molecule has 0 unspecified atom stereocenters. The number of nitrogens with one attached hydrogen (secondary N) is 2. The van der Waals surface area contributed by atoms with Crippen LogP contribution >= 0.6 is 0 Å². The van der Waals surface area contributed by atoms with Crippen LogP contribution < -0.4 is 19.5 Å². The van der Waals surface area contributed by atoms with Crippen molar-refractivity contribution in [3.63, 3.8) is 0 Å². The Balaban J connectivity index is 1.54. The number of hydrogen-bond acceptors (Lipinski definition) is 6. The largest absolute Gasteiger partial charge is 0.490 e. The summed E-state index contributed by atoms with van der Waals surface area (Å²) >= 11 is 0. The van der Waals surface area contributed by atoms with E-state index in [1.807, 2.05) is 0 Å². The summed E-state index contributed by atoms with van der Waals surface area (Å²) in [4.78, 5) is 2.56. The molecule has 2 aliphatic rings. The van der Waals surface area contributed by atoms with Gasteiger partial charge in [0.2, 0.25) is 10.0 Å². The molecule has 8 heteroatoms. The average molecular weight is 355 g/mol. The van der Waals surface area contributed by atoms with Crippen molar-refractivity contribution in [1.82, 2.24) is 14.9 Å². The van der Waals surface area contributed by atoms with Crippen molar-refractivity contribution in [2.75, 3.05) is 52.5 Å². The van der Waals surface area contributed by atoms with Crippen molar-refractivity contribution in [2.45, 2.75) is 17.7 Å². The van der Waals surface area contributed by atoms with E-state index >= 15 is 0 Å². The second kappa shape index (κ2) is 8.15. The van der Waals surface area contributed by atoms with Gasteiger partial charge in [0.1, 0.15) is 0 Å². The fourth-order valence-electron chi connectivity index (χ4n) is 2.84. The lowest BCUT2D eigenvalue weighted by Gasteiger charge is -2.27. The summed E-state index contributed by atoms with van der Waals surface area (Å²) in [5.41, 5.74) is 0. The second-order valence-corrected chi connectivity index (χ2v) is 7.77. The van der Waals surface area contributed by atoms with Crippen molar-refractivity contribution in [2.24, 2.45) is 0 Å². The minimum Gasteiger partial charge on any atom is -0.490 e. The fourth-order valence-corrected chi connectivity index (χ4v) is 3.93. The van der Waals surface area contributed by atoms with Crippen LogP contribution in [0.4, 0.5) is 0 Å². The van der Waals surface area contributed by atoms with Crippen LogP contribution in [-0.2, 0) is 10.0 Å². The Bertz CT molecular complexity index is 645. The van der Waals surface area contributed by atoms with Gasteiger partial charge in [0, 0.05) is 45.2 Å². The Morgan fingerprint density at radius 2 is 1.88 bits per heavy atom. The van der Waals surface area contributed by atoms with Crippen LogP contribution in [-0.4, -0.2) is 65.8 Å². The lowest BCUT2D eigenvalue weighted by molar-refractivity contribution is 0.239. The number of benzene rings is 1. The van der Waals surface area contributed by atoms with Gasteiger partial charge >= 0.3 is 0 Å². The third kappa shape index (κ3) is 4.60. The molecule has 24 heavy (non-hydrogen) atoms. The zero-order valence-corrected chi connectivity index (χ0v) is 14.6. The van der Waals surface area contributed by atoms with Crippen LogP contribution in [0.15, 0.2) is 23.1 Å². The van der Waals surface area contributed by atoms with Crippen LogP contribution in [0, 0.1) is 0 Å². The number of sulfonamides is 1. The number of fused-ring (bicyclic) bond motifs is 1. The van der Waals surface area contributed by atoms with E-state index in [9.17, 15) is 8.42 Å². The summed E-state index contributed by atoms with van der Waals surface area (Å²) in [6.45, 7) is 6.51. The fraction of sp³-hybridized carbons (Fsp3) is 0.625. The molecule has 0 aliphatic carbocycles. The van der Waals surface area contributed by atoms with E-state index < -0.39 is 10.0 Å². The van der Waals surface area contributed by atoms with Crippen LogP contribution in [0.5, 0.6) is 11.5 Å². The Labute approximate surface area is 143 Å². The standard InChI is InChI=1S/C16H25N3O4S/c20-24(21,18-5-1-8-19-9-6-17-7-10-19)14-3-4-15-16(13-14)23-12-2-11-22-15/h3-4,13,17-18H,1-2,5-12H2. The van der Waals surface area contributed by atoms with E-state index in [0.29, 0.717) is 31.3 Å². The van der Waals surface area contributed by atoms with Gasteiger partial charge in [0.05, 0.1) is 18.1 Å². The van der Waals surface area contributed by atoms with Gasteiger partial charge in [0.15, 0.2) is 11.5 Å². The predicted molar refractivity (Wildman–Crippen MR) is 91.2 cm³/mol. The molecule has 1 fully saturated rings. The molecule has 134 valence electrons. The first kappa shape index (κ1) is 17.5. The first-order chi connectivity index (χ1) is 11.6. The molecular formula is C16H25N3O4S. The Morgan fingerprint density at radius 3 is 2.67 bits per heavy atom. The maximum Gasteiger partial charge on any atom is 0.240 e. The molecule has 0 amide bonds. The highest BCUT2D eigenvalue weighted by Gasteiger charge is 2.18. The first-order valence-corrected chi connectivity index (χ1v) is 9.96. The number of piperazine rings is 1. The number of rotatable bonds is 6. The second-order valence-electron chi connectivity index (χ2n) is 6.00. The molecule has 2 N–H and O–H groups in total. The zero-order chi connectivity index (χ0) is 16.8. The van der Waals surface area contributed by atoms with Crippen LogP contribution in [0.25, 0.3) is 0 Å². The number of ether oxygens (including phenoxy) is 2. The molecule has 1 saturated heterocycles. The number of nitrogens with zero attached hydrogens (tertiary/aromatic N) is 1. The van der Waals surface area contributed by atoms with Gasteiger partial charge in [-0.05, 0) is 25.1 Å². The maximum atomic E-state index is 12.4. The summed E-state index contributed by atoms with van der Waals surface area (Å²) in [6, 6.07) is 4.77. The minimum absolute atomic E-state index is 0.217. The quantitative estimate of drug-likeness (QED) is 0.720. The SMILES string of the molecule is O=S(=O)(NCCCN1CCNCC1)c1ccc2c(c1)OCCCO2. The molecule has 3 rings (SSSR count). The normalized spacial score (nSPS) is 19.0. The lowest BCUT2D eigenvalue weighted by Crippen LogP contribution is -2.44. The van der Waals surface area contributed by atoms with Gasteiger partial charge in [-0.1, -0.05) is 0 Å². The Morgan fingerprint density at radius 1 is 1.12 bits per heavy atom. The zero-order valence-electron chi connectivity index (χ0n) is 13.8. The van der Waals surface area contributed by atoms with Gasteiger partial charge in [0.25, 0.3) is 0 Å². The van der Waals surface area contributed by atoms with E-state index in [-0.39, 0.29) is 4.90 Å². The van der Waals surface area contributed by atoms with Crippen molar-refractivity contribution in [1.29, 1.82) is 0 Å². The Hall–Kier alpha value is -1.35. The van der Waals surface area contributed by atoms with E-state index in [2.05, 4.69) is 14.9 Å². The molecular weight excluding hydrogens is 330 g/mol. The molecule has 1 aromatic carbocycles. The van der Waals surface area contributed by atoms with Gasteiger partial charge in [-0.15, -0.1) is 0 Å².